The number of hydrogen-bond donors (Lipinski definition) is 0. The van der Waals surface area contributed by atoms with Crippen molar-refractivity contribution in [2.75, 3.05) is 24.5 Å². The maximum absolute atomic E-state index is 12.6. The van der Waals surface area contributed by atoms with Gasteiger partial charge in [0.25, 0.3) is 0 Å². The first-order valence-corrected chi connectivity index (χ1v) is 7.50. The fourth-order valence-electron chi connectivity index (χ4n) is 3.46. The molecule has 4 rings (SSSR count). The van der Waals surface area contributed by atoms with Crippen LogP contribution in [0.2, 0.25) is 0 Å². The minimum absolute atomic E-state index is 0.0870. The van der Waals surface area contributed by atoms with Crippen molar-refractivity contribution in [1.82, 2.24) is 19.9 Å². The number of rotatable bonds is 3. The van der Waals surface area contributed by atoms with E-state index < -0.39 is 0 Å². The van der Waals surface area contributed by atoms with Crippen molar-refractivity contribution >= 4 is 11.6 Å². The van der Waals surface area contributed by atoms with Gasteiger partial charge in [-0.25, -0.2) is 9.97 Å². The number of amides is 1. The molecule has 0 N–H and O–H groups in total. The Bertz CT molecular complexity index is 663. The molecule has 0 saturated carbocycles. The predicted octanol–water partition coefficient (Wildman–Crippen LogP) is 0.966. The summed E-state index contributed by atoms with van der Waals surface area (Å²) >= 11 is 0. The van der Waals surface area contributed by atoms with Crippen molar-refractivity contribution in [2.24, 2.45) is 11.8 Å². The summed E-state index contributed by atoms with van der Waals surface area (Å²) in [5.41, 5.74) is 1.86. The smallest absolute Gasteiger partial charge is 0.231 e. The zero-order valence-corrected chi connectivity index (χ0v) is 12.2. The third-order valence-corrected chi connectivity index (χ3v) is 4.49. The molecule has 0 radical (unpaired) electrons. The molecule has 1 amide bonds. The molecule has 2 aromatic rings. The topological polar surface area (TPSA) is 62.2 Å². The largest absolute Gasteiger partial charge is 0.309 e. The maximum Gasteiger partial charge on any atom is 0.231 e. The Morgan fingerprint density at radius 1 is 1.14 bits per heavy atom. The number of anilines is 1. The van der Waals surface area contributed by atoms with E-state index in [1.807, 2.05) is 29.3 Å². The lowest BCUT2D eigenvalue weighted by Crippen LogP contribution is -2.32. The van der Waals surface area contributed by atoms with Gasteiger partial charge >= 0.3 is 0 Å². The van der Waals surface area contributed by atoms with Crippen molar-refractivity contribution in [3.8, 4) is 0 Å². The van der Waals surface area contributed by atoms with Crippen LogP contribution in [0.4, 0.5) is 5.69 Å². The van der Waals surface area contributed by atoms with Gasteiger partial charge in [-0.15, -0.1) is 0 Å². The molecule has 0 aliphatic carbocycles. The van der Waals surface area contributed by atoms with E-state index in [1.54, 1.807) is 12.4 Å². The highest BCUT2D eigenvalue weighted by atomic mass is 16.2. The predicted molar refractivity (Wildman–Crippen MR) is 80.9 cm³/mol. The average molecular weight is 295 g/mol. The van der Waals surface area contributed by atoms with Crippen molar-refractivity contribution in [1.29, 1.82) is 0 Å². The van der Waals surface area contributed by atoms with E-state index in [-0.39, 0.29) is 11.8 Å². The first-order chi connectivity index (χ1) is 10.8. The summed E-state index contributed by atoms with van der Waals surface area (Å²) in [5, 5.41) is 0. The Hall–Kier alpha value is -2.34. The summed E-state index contributed by atoms with van der Waals surface area (Å²) in [7, 11) is 0. The van der Waals surface area contributed by atoms with E-state index in [1.165, 1.54) is 6.33 Å². The lowest BCUT2D eigenvalue weighted by Gasteiger charge is -2.20. The lowest BCUT2D eigenvalue weighted by molar-refractivity contribution is -0.120. The molecule has 2 saturated heterocycles. The fourth-order valence-corrected chi connectivity index (χ4v) is 3.46. The molecule has 22 heavy (non-hydrogen) atoms. The number of aromatic nitrogens is 3. The lowest BCUT2D eigenvalue weighted by atomic mass is 10.0. The van der Waals surface area contributed by atoms with Crippen molar-refractivity contribution < 1.29 is 4.79 Å². The summed E-state index contributed by atoms with van der Waals surface area (Å²) in [6.07, 6.45) is 6.71. The number of carbonyl (C=O) groups excluding carboxylic acids is 1. The van der Waals surface area contributed by atoms with Gasteiger partial charge in [-0.1, -0.05) is 6.07 Å². The van der Waals surface area contributed by atoms with Gasteiger partial charge in [-0.05, 0) is 12.1 Å². The van der Waals surface area contributed by atoms with Crippen LogP contribution in [0.5, 0.6) is 0 Å². The van der Waals surface area contributed by atoms with Crippen LogP contribution >= 0.6 is 0 Å². The van der Waals surface area contributed by atoms with Gasteiger partial charge in [0, 0.05) is 38.3 Å². The SMILES string of the molecule is O=C1[C@@H]2CN(Cc3ccccn3)C[C@@H]2CN1c1cncnc1. The Balaban J connectivity index is 1.44. The monoisotopic (exact) mass is 295 g/mol. The summed E-state index contributed by atoms with van der Waals surface area (Å²) < 4.78 is 0. The normalized spacial score (nSPS) is 24.7. The van der Waals surface area contributed by atoms with Gasteiger partial charge in [-0.3, -0.25) is 14.7 Å². The molecular weight excluding hydrogens is 278 g/mol. The maximum atomic E-state index is 12.6. The zero-order valence-electron chi connectivity index (χ0n) is 12.2. The molecule has 2 aliphatic rings. The van der Waals surface area contributed by atoms with Gasteiger partial charge in [0.1, 0.15) is 6.33 Å². The van der Waals surface area contributed by atoms with Crippen LogP contribution in [0, 0.1) is 11.8 Å². The summed E-state index contributed by atoms with van der Waals surface area (Å²) in [4.78, 5) is 29.1. The van der Waals surface area contributed by atoms with E-state index in [0.717, 1.165) is 37.6 Å². The van der Waals surface area contributed by atoms with Crippen LogP contribution in [0.25, 0.3) is 0 Å². The Kier molecular flexibility index (Phi) is 3.31. The van der Waals surface area contributed by atoms with E-state index in [9.17, 15) is 4.79 Å². The Morgan fingerprint density at radius 2 is 2.00 bits per heavy atom. The molecule has 0 unspecified atom stereocenters. The van der Waals surface area contributed by atoms with Crippen molar-refractivity contribution in [3.05, 3.63) is 48.8 Å². The standard InChI is InChI=1S/C16H17N5O/c22-16-15-10-20(9-13-3-1-2-4-19-13)7-12(15)8-21(16)14-5-17-11-18-6-14/h1-6,11-12,15H,7-10H2/t12-,15-/m1/s1. The van der Waals surface area contributed by atoms with Crippen LogP contribution < -0.4 is 4.90 Å². The quantitative estimate of drug-likeness (QED) is 0.844. The first-order valence-electron chi connectivity index (χ1n) is 7.50. The van der Waals surface area contributed by atoms with Gasteiger partial charge in [0.05, 0.1) is 29.7 Å². The zero-order chi connectivity index (χ0) is 14.9. The molecule has 0 spiro atoms. The summed E-state index contributed by atoms with van der Waals surface area (Å²) in [6.45, 7) is 3.33. The highest BCUT2D eigenvalue weighted by Gasteiger charge is 2.46. The van der Waals surface area contributed by atoms with E-state index in [0.29, 0.717) is 5.92 Å². The first kappa shape index (κ1) is 13.3. The number of hydrogen-bond acceptors (Lipinski definition) is 5. The second-order valence-corrected chi connectivity index (χ2v) is 5.93. The minimum atomic E-state index is 0.0870. The third-order valence-electron chi connectivity index (χ3n) is 4.49. The highest BCUT2D eigenvalue weighted by Crippen LogP contribution is 2.35. The van der Waals surface area contributed by atoms with Crippen molar-refractivity contribution in [2.45, 2.75) is 6.54 Å². The van der Waals surface area contributed by atoms with Gasteiger partial charge < -0.3 is 4.90 Å². The van der Waals surface area contributed by atoms with Gasteiger partial charge in [0.2, 0.25) is 5.91 Å². The minimum Gasteiger partial charge on any atom is -0.309 e. The summed E-state index contributed by atoms with van der Waals surface area (Å²) in [6, 6.07) is 5.95. The van der Waals surface area contributed by atoms with Gasteiger partial charge in [-0.2, -0.15) is 0 Å². The Labute approximate surface area is 128 Å². The van der Waals surface area contributed by atoms with E-state index in [2.05, 4.69) is 19.9 Å². The van der Waals surface area contributed by atoms with Crippen LogP contribution in [0.15, 0.2) is 43.1 Å². The number of pyridine rings is 1. The number of carbonyl (C=O) groups is 1. The second kappa shape index (κ2) is 5.46. The van der Waals surface area contributed by atoms with Crippen molar-refractivity contribution in [3.63, 3.8) is 0 Å². The Morgan fingerprint density at radius 3 is 2.73 bits per heavy atom. The van der Waals surface area contributed by atoms with Crippen LogP contribution in [0.3, 0.4) is 0 Å². The van der Waals surface area contributed by atoms with E-state index in [4.69, 9.17) is 0 Å². The van der Waals surface area contributed by atoms with Crippen LogP contribution in [-0.2, 0) is 11.3 Å². The van der Waals surface area contributed by atoms with Crippen LogP contribution in [0.1, 0.15) is 5.69 Å². The molecule has 2 fully saturated rings. The average Bonchev–Trinajstić information content (AvgIpc) is 3.08. The number of fused-ring (bicyclic) bond motifs is 1. The third kappa shape index (κ3) is 2.35. The molecule has 6 nitrogen and oxygen atoms in total. The molecule has 0 bridgehead atoms. The molecule has 4 heterocycles. The fraction of sp³-hybridized carbons (Fsp3) is 0.375. The molecule has 2 atom stereocenters. The molecule has 2 aliphatic heterocycles. The highest BCUT2D eigenvalue weighted by molar-refractivity contribution is 5.97. The van der Waals surface area contributed by atoms with E-state index >= 15 is 0 Å². The molecular formula is C16H17N5O. The second-order valence-electron chi connectivity index (χ2n) is 5.93. The van der Waals surface area contributed by atoms with Crippen LogP contribution in [-0.4, -0.2) is 45.4 Å². The number of nitrogens with zero attached hydrogens (tertiary/aromatic N) is 5. The van der Waals surface area contributed by atoms with Gasteiger partial charge in [0.15, 0.2) is 0 Å². The number of likely N-dealkylation sites (tertiary alicyclic amines) is 1. The molecule has 112 valence electrons. The summed E-state index contributed by atoms with van der Waals surface area (Å²) in [5.74, 6) is 0.670. The molecule has 0 aromatic carbocycles. The molecule has 2 aromatic heterocycles. The molecule has 6 heteroatoms.